The van der Waals surface area contributed by atoms with Crippen molar-refractivity contribution in [3.63, 3.8) is 0 Å². The summed E-state index contributed by atoms with van der Waals surface area (Å²) >= 11 is 5.82. The van der Waals surface area contributed by atoms with Crippen LogP contribution in [0.25, 0.3) is 0 Å². The van der Waals surface area contributed by atoms with Crippen molar-refractivity contribution in [2.75, 3.05) is 24.5 Å². The van der Waals surface area contributed by atoms with Crippen molar-refractivity contribution < 1.29 is 13.9 Å². The van der Waals surface area contributed by atoms with Crippen LogP contribution in [0, 0.1) is 11.7 Å². The minimum Gasteiger partial charge on any atom is -0.439 e. The van der Waals surface area contributed by atoms with Gasteiger partial charge in [-0.2, -0.15) is 0 Å². The molecule has 1 fully saturated rings. The molecule has 2 atom stereocenters. The number of ether oxygens (including phenoxy) is 1. The van der Waals surface area contributed by atoms with Crippen molar-refractivity contribution in [3.05, 3.63) is 41.4 Å². The number of rotatable bonds is 8. The van der Waals surface area contributed by atoms with Crippen molar-refractivity contribution in [1.82, 2.24) is 14.9 Å². The average Bonchev–Trinajstić information content (AvgIpc) is 2.77. The average molecular weight is 449 g/mol. The number of nitrogens with zero attached hydrogens (tertiary/aromatic N) is 4. The molecule has 2 aromatic rings. The fraction of sp³-hybridized carbons (Fsp3) is 0.522. The molecule has 0 saturated carbocycles. The highest BCUT2D eigenvalue weighted by molar-refractivity contribution is 6.30. The molecule has 6 nitrogen and oxygen atoms in total. The number of benzene rings is 1. The smallest absolute Gasteiger partial charge is 0.226 e. The predicted octanol–water partition coefficient (Wildman–Crippen LogP) is 5.31. The van der Waals surface area contributed by atoms with Crippen molar-refractivity contribution in [2.24, 2.45) is 5.92 Å². The number of hydrogen-bond acceptors (Lipinski definition) is 5. The molecule has 3 rings (SSSR count). The maximum absolute atomic E-state index is 13.4. The number of unbranched alkanes of at least 4 members (excludes halogenated alkanes) is 1. The van der Waals surface area contributed by atoms with Gasteiger partial charge in [0.1, 0.15) is 23.7 Å². The van der Waals surface area contributed by atoms with E-state index in [0.29, 0.717) is 31.3 Å². The van der Waals surface area contributed by atoms with E-state index in [1.54, 1.807) is 6.07 Å². The number of carbonyl (C=O) groups excluding carboxylic acids is 1. The number of carbonyl (C=O) groups is 1. The quantitative estimate of drug-likeness (QED) is 0.547. The van der Waals surface area contributed by atoms with Crippen LogP contribution in [0.5, 0.6) is 11.6 Å². The number of halogens is 2. The lowest BCUT2D eigenvalue weighted by Crippen LogP contribution is -2.55. The van der Waals surface area contributed by atoms with Gasteiger partial charge in [0.15, 0.2) is 0 Å². The molecule has 2 heterocycles. The van der Waals surface area contributed by atoms with E-state index in [2.05, 4.69) is 35.6 Å². The summed E-state index contributed by atoms with van der Waals surface area (Å²) < 4.78 is 19.1. The first-order chi connectivity index (χ1) is 14.9. The molecule has 0 spiro atoms. The highest BCUT2D eigenvalue weighted by atomic mass is 35.5. The fourth-order valence-corrected chi connectivity index (χ4v) is 4.07. The molecule has 0 unspecified atom stereocenters. The molecule has 0 bridgehead atoms. The van der Waals surface area contributed by atoms with Gasteiger partial charge in [0.2, 0.25) is 11.8 Å². The third-order valence-electron chi connectivity index (χ3n) is 5.72. The summed E-state index contributed by atoms with van der Waals surface area (Å²) in [6.45, 7) is 8.37. The Morgan fingerprint density at radius 3 is 2.77 bits per heavy atom. The van der Waals surface area contributed by atoms with E-state index >= 15 is 0 Å². The monoisotopic (exact) mass is 448 g/mol. The van der Waals surface area contributed by atoms with E-state index in [4.69, 9.17) is 16.3 Å². The standard InChI is InChI=1S/C23H30ClFN4O2/c1-4-6-7-17(5-2)23(30)29-11-10-28(14-16(29)3)21-13-22(27-15-26-21)31-18-8-9-20(25)19(24)12-18/h8-9,12-13,15-17H,4-7,10-11,14H2,1-3H3/t16-,17-/m0/s1. The van der Waals surface area contributed by atoms with E-state index in [-0.39, 0.29) is 22.9 Å². The highest BCUT2D eigenvalue weighted by Gasteiger charge is 2.31. The maximum atomic E-state index is 13.4. The Hall–Kier alpha value is -2.41. The second kappa shape index (κ2) is 10.8. The molecular weight excluding hydrogens is 419 g/mol. The first-order valence-corrected chi connectivity index (χ1v) is 11.3. The van der Waals surface area contributed by atoms with Crippen LogP contribution < -0.4 is 9.64 Å². The molecule has 8 heteroatoms. The summed E-state index contributed by atoms with van der Waals surface area (Å²) in [5, 5.41) is -0.00860. The van der Waals surface area contributed by atoms with Gasteiger partial charge in [0.25, 0.3) is 0 Å². The molecule has 1 amide bonds. The van der Waals surface area contributed by atoms with Gasteiger partial charge in [-0.15, -0.1) is 0 Å². The topological polar surface area (TPSA) is 58.6 Å². The lowest BCUT2D eigenvalue weighted by molar-refractivity contribution is -0.138. The molecule has 0 N–H and O–H groups in total. The van der Waals surface area contributed by atoms with Crippen LogP contribution in [-0.4, -0.2) is 46.5 Å². The van der Waals surface area contributed by atoms with Crippen LogP contribution in [0.3, 0.4) is 0 Å². The zero-order chi connectivity index (χ0) is 22.4. The number of amides is 1. The van der Waals surface area contributed by atoms with Crippen LogP contribution in [0.4, 0.5) is 10.2 Å². The van der Waals surface area contributed by atoms with Crippen LogP contribution >= 0.6 is 11.6 Å². The van der Waals surface area contributed by atoms with Crippen LogP contribution in [0.15, 0.2) is 30.6 Å². The van der Waals surface area contributed by atoms with E-state index in [1.807, 2.05) is 4.90 Å². The van der Waals surface area contributed by atoms with Crippen LogP contribution in [-0.2, 0) is 4.79 Å². The second-order valence-electron chi connectivity index (χ2n) is 7.97. The zero-order valence-electron chi connectivity index (χ0n) is 18.4. The first kappa shape index (κ1) is 23.3. The van der Waals surface area contributed by atoms with Gasteiger partial charge in [0, 0.05) is 43.7 Å². The summed E-state index contributed by atoms with van der Waals surface area (Å²) in [6, 6.07) is 6.00. The van der Waals surface area contributed by atoms with Crippen molar-refractivity contribution in [3.8, 4) is 11.6 Å². The normalized spacial score (nSPS) is 17.5. The first-order valence-electron chi connectivity index (χ1n) is 10.9. The predicted molar refractivity (Wildman–Crippen MR) is 120 cm³/mol. The Labute approximate surface area is 188 Å². The van der Waals surface area contributed by atoms with Crippen molar-refractivity contribution in [1.29, 1.82) is 0 Å². The Bertz CT molecular complexity index is 898. The summed E-state index contributed by atoms with van der Waals surface area (Å²) in [5.41, 5.74) is 0. The highest BCUT2D eigenvalue weighted by Crippen LogP contribution is 2.27. The van der Waals surface area contributed by atoms with Gasteiger partial charge in [-0.1, -0.05) is 38.3 Å². The number of anilines is 1. The zero-order valence-corrected chi connectivity index (χ0v) is 19.1. The molecule has 1 aromatic heterocycles. The number of hydrogen-bond donors (Lipinski definition) is 0. The largest absolute Gasteiger partial charge is 0.439 e. The number of piperazine rings is 1. The Morgan fingerprint density at radius 1 is 1.29 bits per heavy atom. The molecule has 1 aliphatic rings. The van der Waals surface area contributed by atoms with Crippen molar-refractivity contribution in [2.45, 2.75) is 52.5 Å². The lowest BCUT2D eigenvalue weighted by Gasteiger charge is -2.41. The summed E-state index contributed by atoms with van der Waals surface area (Å²) in [5.74, 6) is 1.36. The second-order valence-corrected chi connectivity index (χ2v) is 8.37. The molecular formula is C23H30ClFN4O2. The minimum absolute atomic E-state index is 0.00860. The van der Waals surface area contributed by atoms with E-state index in [9.17, 15) is 9.18 Å². The van der Waals surface area contributed by atoms with Gasteiger partial charge in [-0.25, -0.2) is 14.4 Å². The molecule has 1 saturated heterocycles. The van der Waals surface area contributed by atoms with Gasteiger partial charge >= 0.3 is 0 Å². The maximum Gasteiger partial charge on any atom is 0.226 e. The van der Waals surface area contributed by atoms with Crippen molar-refractivity contribution >= 4 is 23.3 Å². The third kappa shape index (κ3) is 5.85. The van der Waals surface area contributed by atoms with Gasteiger partial charge in [-0.05, 0) is 31.9 Å². The molecule has 31 heavy (non-hydrogen) atoms. The Balaban J connectivity index is 1.65. The molecule has 1 aromatic carbocycles. The van der Waals surface area contributed by atoms with E-state index in [1.165, 1.54) is 24.5 Å². The molecule has 0 radical (unpaired) electrons. The lowest BCUT2D eigenvalue weighted by atomic mass is 9.96. The SMILES string of the molecule is CCCC[C@H](CC)C(=O)N1CCN(c2cc(Oc3ccc(F)c(Cl)c3)ncn2)C[C@@H]1C. The number of aromatic nitrogens is 2. The Kier molecular flexibility index (Phi) is 8.07. The van der Waals surface area contributed by atoms with Gasteiger partial charge in [0.05, 0.1) is 5.02 Å². The molecule has 168 valence electrons. The summed E-state index contributed by atoms with van der Waals surface area (Å²) in [7, 11) is 0. The third-order valence-corrected chi connectivity index (χ3v) is 6.01. The van der Waals surface area contributed by atoms with Crippen LogP contribution in [0.2, 0.25) is 5.02 Å². The summed E-state index contributed by atoms with van der Waals surface area (Å²) in [4.78, 5) is 25.7. The minimum atomic E-state index is -0.501. The molecule has 1 aliphatic heterocycles. The van der Waals surface area contributed by atoms with E-state index in [0.717, 1.165) is 31.5 Å². The van der Waals surface area contributed by atoms with E-state index < -0.39 is 5.82 Å². The fourth-order valence-electron chi connectivity index (χ4n) is 3.90. The molecule has 0 aliphatic carbocycles. The van der Waals surface area contributed by atoms with Crippen LogP contribution in [0.1, 0.15) is 46.5 Å². The van der Waals surface area contributed by atoms with Gasteiger partial charge in [-0.3, -0.25) is 4.79 Å². The van der Waals surface area contributed by atoms with Gasteiger partial charge < -0.3 is 14.5 Å². The summed E-state index contributed by atoms with van der Waals surface area (Å²) in [6.07, 6.45) is 5.47. The Morgan fingerprint density at radius 2 is 2.10 bits per heavy atom.